The van der Waals surface area contributed by atoms with Crippen LogP contribution < -0.4 is 5.32 Å². The van der Waals surface area contributed by atoms with Crippen LogP contribution in [0.15, 0.2) is 6.20 Å². The van der Waals surface area contributed by atoms with E-state index in [0.29, 0.717) is 6.04 Å². The number of fused-ring (bicyclic) bond motifs is 1. The SMILES string of the molecule is CNC(c1c(Cl)cnn1CCN(C)C)C1CC2CC2C1. The number of likely N-dealkylation sites (N-methyl/N-ethyl adjacent to an activating group) is 1. The van der Waals surface area contributed by atoms with E-state index >= 15 is 0 Å². The van der Waals surface area contributed by atoms with E-state index in [1.165, 1.54) is 25.0 Å². The monoisotopic (exact) mass is 296 g/mol. The van der Waals surface area contributed by atoms with Gasteiger partial charge in [0.15, 0.2) is 0 Å². The largest absolute Gasteiger partial charge is 0.311 e. The molecule has 5 heteroatoms. The molecule has 0 spiro atoms. The molecule has 0 aliphatic heterocycles. The summed E-state index contributed by atoms with van der Waals surface area (Å²) >= 11 is 6.42. The topological polar surface area (TPSA) is 33.1 Å². The molecule has 0 amide bonds. The number of hydrogen-bond acceptors (Lipinski definition) is 3. The van der Waals surface area contributed by atoms with Crippen molar-refractivity contribution in [3.05, 3.63) is 16.9 Å². The maximum Gasteiger partial charge on any atom is 0.0834 e. The quantitative estimate of drug-likeness (QED) is 0.875. The molecule has 3 rings (SSSR count). The van der Waals surface area contributed by atoms with E-state index in [4.69, 9.17) is 11.6 Å². The second-order valence-electron chi connectivity index (χ2n) is 6.66. The Balaban J connectivity index is 1.77. The summed E-state index contributed by atoms with van der Waals surface area (Å²) in [6, 6.07) is 0.347. The van der Waals surface area contributed by atoms with E-state index in [9.17, 15) is 0 Å². The van der Waals surface area contributed by atoms with Crippen molar-refractivity contribution in [1.29, 1.82) is 0 Å². The van der Waals surface area contributed by atoms with Crippen LogP contribution in [0.3, 0.4) is 0 Å². The molecule has 1 heterocycles. The van der Waals surface area contributed by atoms with Gasteiger partial charge in [-0.05, 0) is 58.2 Å². The molecule has 4 nitrogen and oxygen atoms in total. The van der Waals surface area contributed by atoms with Gasteiger partial charge in [-0.3, -0.25) is 4.68 Å². The molecule has 112 valence electrons. The Kier molecular flexibility index (Phi) is 4.07. The van der Waals surface area contributed by atoms with Gasteiger partial charge in [0.1, 0.15) is 0 Å². The number of hydrogen-bond donors (Lipinski definition) is 1. The molecular formula is C15H25ClN4. The molecule has 1 N–H and O–H groups in total. The van der Waals surface area contributed by atoms with Crippen molar-refractivity contribution in [3.8, 4) is 0 Å². The Labute approximate surface area is 126 Å². The van der Waals surface area contributed by atoms with Gasteiger partial charge in [-0.2, -0.15) is 5.10 Å². The summed E-state index contributed by atoms with van der Waals surface area (Å²) in [5.41, 5.74) is 1.18. The summed E-state index contributed by atoms with van der Waals surface area (Å²) in [7, 11) is 6.23. The molecule has 20 heavy (non-hydrogen) atoms. The van der Waals surface area contributed by atoms with E-state index in [1.54, 1.807) is 6.20 Å². The molecule has 1 aromatic rings. The van der Waals surface area contributed by atoms with Crippen molar-refractivity contribution in [2.24, 2.45) is 17.8 Å². The fourth-order valence-electron chi connectivity index (χ4n) is 3.78. The van der Waals surface area contributed by atoms with Crippen LogP contribution in [-0.4, -0.2) is 42.4 Å². The van der Waals surface area contributed by atoms with Crippen LogP contribution in [0, 0.1) is 17.8 Å². The maximum absolute atomic E-state index is 6.42. The third kappa shape index (κ3) is 2.74. The first-order valence-electron chi connectivity index (χ1n) is 7.63. The van der Waals surface area contributed by atoms with E-state index < -0.39 is 0 Å². The average Bonchev–Trinajstić information content (AvgIpc) is 2.85. The van der Waals surface area contributed by atoms with E-state index in [0.717, 1.165) is 35.9 Å². The van der Waals surface area contributed by atoms with Gasteiger partial charge in [-0.25, -0.2) is 0 Å². The van der Waals surface area contributed by atoms with Gasteiger partial charge in [0.05, 0.1) is 29.5 Å². The Morgan fingerprint density at radius 3 is 2.70 bits per heavy atom. The molecule has 0 aromatic carbocycles. The Bertz CT molecular complexity index is 460. The zero-order valence-electron chi connectivity index (χ0n) is 12.6. The van der Waals surface area contributed by atoms with Gasteiger partial charge >= 0.3 is 0 Å². The minimum atomic E-state index is 0.347. The molecule has 0 radical (unpaired) electrons. The lowest BCUT2D eigenvalue weighted by atomic mass is 9.92. The van der Waals surface area contributed by atoms with Gasteiger partial charge in [0.2, 0.25) is 0 Å². The van der Waals surface area contributed by atoms with Crippen molar-refractivity contribution in [1.82, 2.24) is 20.0 Å². The molecule has 2 aliphatic rings. The van der Waals surface area contributed by atoms with E-state index in [1.807, 2.05) is 7.05 Å². The Hall–Kier alpha value is -0.580. The third-order valence-corrected chi connectivity index (χ3v) is 5.24. The van der Waals surface area contributed by atoms with Crippen LogP contribution in [0.4, 0.5) is 0 Å². The van der Waals surface area contributed by atoms with Crippen molar-refractivity contribution in [2.75, 3.05) is 27.7 Å². The average molecular weight is 297 g/mol. The number of nitrogens with zero attached hydrogens (tertiary/aromatic N) is 3. The Morgan fingerprint density at radius 2 is 2.10 bits per heavy atom. The maximum atomic E-state index is 6.42. The zero-order valence-corrected chi connectivity index (χ0v) is 13.4. The van der Waals surface area contributed by atoms with Crippen molar-refractivity contribution >= 4 is 11.6 Å². The van der Waals surface area contributed by atoms with Gasteiger partial charge in [-0.1, -0.05) is 11.6 Å². The fraction of sp³-hybridized carbons (Fsp3) is 0.800. The standard InChI is InChI=1S/C15H25ClN4/c1-17-14(12-7-10-6-11(10)8-12)15-13(16)9-18-20(15)5-4-19(2)3/h9-12,14,17H,4-8H2,1-3H3. The van der Waals surface area contributed by atoms with Crippen LogP contribution in [0.1, 0.15) is 31.0 Å². The molecule has 0 saturated heterocycles. The zero-order chi connectivity index (χ0) is 14.3. The van der Waals surface area contributed by atoms with Gasteiger partial charge < -0.3 is 10.2 Å². The second-order valence-corrected chi connectivity index (χ2v) is 7.07. The fourth-order valence-corrected chi connectivity index (χ4v) is 4.04. The summed E-state index contributed by atoms with van der Waals surface area (Å²) in [4.78, 5) is 2.18. The lowest BCUT2D eigenvalue weighted by molar-refractivity contribution is 0.323. The molecule has 3 atom stereocenters. The van der Waals surface area contributed by atoms with Crippen molar-refractivity contribution < 1.29 is 0 Å². The van der Waals surface area contributed by atoms with Crippen LogP contribution in [0.5, 0.6) is 0 Å². The molecule has 0 bridgehead atoms. The minimum absolute atomic E-state index is 0.347. The molecule has 1 aromatic heterocycles. The van der Waals surface area contributed by atoms with E-state index in [2.05, 4.69) is 34.1 Å². The first-order chi connectivity index (χ1) is 9.60. The highest BCUT2D eigenvalue weighted by Gasteiger charge is 2.48. The lowest BCUT2D eigenvalue weighted by Gasteiger charge is -2.26. The van der Waals surface area contributed by atoms with Crippen molar-refractivity contribution in [3.63, 3.8) is 0 Å². The van der Waals surface area contributed by atoms with Crippen LogP contribution in [0.2, 0.25) is 5.02 Å². The summed E-state index contributed by atoms with van der Waals surface area (Å²) in [5, 5.41) is 8.78. The van der Waals surface area contributed by atoms with Gasteiger partial charge in [-0.15, -0.1) is 0 Å². The molecule has 2 fully saturated rings. The Morgan fingerprint density at radius 1 is 1.40 bits per heavy atom. The minimum Gasteiger partial charge on any atom is -0.311 e. The predicted octanol–water partition coefficient (Wildman–Crippen LogP) is 2.40. The van der Waals surface area contributed by atoms with E-state index in [-0.39, 0.29) is 0 Å². The second kappa shape index (κ2) is 5.66. The highest BCUT2D eigenvalue weighted by Crippen LogP contribution is 2.57. The number of halogens is 1. The van der Waals surface area contributed by atoms with Crippen LogP contribution in [0.25, 0.3) is 0 Å². The normalized spacial score (nSPS) is 29.8. The first-order valence-corrected chi connectivity index (χ1v) is 8.01. The molecule has 3 unspecified atom stereocenters. The van der Waals surface area contributed by atoms with Crippen LogP contribution >= 0.6 is 11.6 Å². The molecule has 2 aliphatic carbocycles. The highest BCUT2D eigenvalue weighted by molar-refractivity contribution is 6.31. The van der Waals surface area contributed by atoms with Gasteiger partial charge in [0, 0.05) is 6.54 Å². The predicted molar refractivity (Wildman–Crippen MR) is 81.9 cm³/mol. The lowest BCUT2D eigenvalue weighted by Crippen LogP contribution is -2.29. The number of nitrogens with one attached hydrogen (secondary N) is 1. The van der Waals surface area contributed by atoms with Gasteiger partial charge in [0.25, 0.3) is 0 Å². The molecular weight excluding hydrogens is 272 g/mol. The smallest absolute Gasteiger partial charge is 0.0834 e. The number of aromatic nitrogens is 2. The summed E-state index contributed by atoms with van der Waals surface area (Å²) in [6.07, 6.45) is 5.96. The summed E-state index contributed by atoms with van der Waals surface area (Å²) in [6.45, 7) is 1.88. The summed E-state index contributed by atoms with van der Waals surface area (Å²) < 4.78 is 2.09. The molecule has 2 saturated carbocycles. The third-order valence-electron chi connectivity index (χ3n) is 4.95. The number of rotatable bonds is 6. The summed E-state index contributed by atoms with van der Waals surface area (Å²) in [5.74, 6) is 2.71. The highest BCUT2D eigenvalue weighted by atomic mass is 35.5. The first kappa shape index (κ1) is 14.4. The van der Waals surface area contributed by atoms with Crippen molar-refractivity contribution in [2.45, 2.75) is 31.8 Å². The van der Waals surface area contributed by atoms with Crippen LogP contribution in [-0.2, 0) is 6.54 Å².